The number of unbranched alkanes of at least 4 members (excludes halogenated alkanes) is 1. The van der Waals surface area contributed by atoms with Crippen molar-refractivity contribution in [3.8, 4) is 0 Å². The Balaban J connectivity index is 1.86. The lowest BCUT2D eigenvalue weighted by Gasteiger charge is -2.10. The number of hydrogen-bond acceptors (Lipinski definition) is 3. The van der Waals surface area contributed by atoms with Gasteiger partial charge in [-0.15, -0.1) is 11.6 Å². The number of alkyl halides is 1. The van der Waals surface area contributed by atoms with Crippen LogP contribution in [0.25, 0.3) is 0 Å². The summed E-state index contributed by atoms with van der Waals surface area (Å²) in [6.45, 7) is 0. The SMILES string of the molecule is COC(=O)CCCCc1ccc(C(Cl)c2cccnc2)cc1. The van der Waals surface area contributed by atoms with E-state index in [1.165, 1.54) is 12.7 Å². The van der Waals surface area contributed by atoms with E-state index in [-0.39, 0.29) is 11.3 Å². The van der Waals surface area contributed by atoms with E-state index in [0.29, 0.717) is 6.42 Å². The van der Waals surface area contributed by atoms with Crippen LogP contribution in [-0.2, 0) is 16.0 Å². The second kappa shape index (κ2) is 8.54. The zero-order chi connectivity index (χ0) is 15.8. The van der Waals surface area contributed by atoms with E-state index in [9.17, 15) is 4.79 Å². The number of pyridine rings is 1. The third-order valence-corrected chi connectivity index (χ3v) is 4.08. The third kappa shape index (κ3) is 4.85. The number of esters is 1. The number of benzene rings is 1. The van der Waals surface area contributed by atoms with E-state index in [1.807, 2.05) is 12.1 Å². The Hall–Kier alpha value is -1.87. The van der Waals surface area contributed by atoms with Crippen molar-refractivity contribution in [2.75, 3.05) is 7.11 Å². The number of nitrogens with zero attached hydrogens (tertiary/aromatic N) is 1. The van der Waals surface area contributed by atoms with Crippen molar-refractivity contribution >= 4 is 17.6 Å². The normalized spacial score (nSPS) is 11.9. The van der Waals surface area contributed by atoms with Crippen LogP contribution in [0, 0.1) is 0 Å². The molecule has 1 heterocycles. The molecule has 0 radical (unpaired) electrons. The van der Waals surface area contributed by atoms with Crippen LogP contribution in [0.15, 0.2) is 48.8 Å². The predicted molar refractivity (Wildman–Crippen MR) is 87.9 cm³/mol. The largest absolute Gasteiger partial charge is 0.469 e. The highest BCUT2D eigenvalue weighted by Gasteiger charge is 2.10. The average Bonchev–Trinajstić information content (AvgIpc) is 2.59. The van der Waals surface area contributed by atoms with Gasteiger partial charge in [0.1, 0.15) is 0 Å². The molecule has 4 heteroatoms. The summed E-state index contributed by atoms with van der Waals surface area (Å²) in [6, 6.07) is 12.2. The Kier molecular flexibility index (Phi) is 6.41. The quantitative estimate of drug-likeness (QED) is 0.434. The molecule has 116 valence electrons. The average molecular weight is 318 g/mol. The number of aromatic nitrogens is 1. The van der Waals surface area contributed by atoms with Crippen LogP contribution in [-0.4, -0.2) is 18.1 Å². The summed E-state index contributed by atoms with van der Waals surface area (Å²) in [5.41, 5.74) is 3.31. The number of methoxy groups -OCH3 is 1. The fourth-order valence-electron chi connectivity index (χ4n) is 2.27. The Morgan fingerprint density at radius 1 is 1.18 bits per heavy atom. The number of hydrogen-bond donors (Lipinski definition) is 0. The second-order valence-corrected chi connectivity index (χ2v) is 5.61. The predicted octanol–water partition coefficient (Wildman–Crippen LogP) is 4.30. The summed E-state index contributed by atoms with van der Waals surface area (Å²) in [5, 5.41) is -0.179. The van der Waals surface area contributed by atoms with E-state index < -0.39 is 0 Å². The van der Waals surface area contributed by atoms with Crippen molar-refractivity contribution in [2.45, 2.75) is 31.1 Å². The first-order chi connectivity index (χ1) is 10.7. The first-order valence-corrected chi connectivity index (χ1v) is 7.84. The van der Waals surface area contributed by atoms with Crippen molar-refractivity contribution in [3.63, 3.8) is 0 Å². The number of ether oxygens (including phenoxy) is 1. The van der Waals surface area contributed by atoms with Crippen molar-refractivity contribution < 1.29 is 9.53 Å². The van der Waals surface area contributed by atoms with Gasteiger partial charge in [-0.2, -0.15) is 0 Å². The van der Waals surface area contributed by atoms with Gasteiger partial charge in [0.15, 0.2) is 0 Å². The lowest BCUT2D eigenvalue weighted by atomic mass is 10.0. The molecule has 0 saturated heterocycles. The fourth-order valence-corrected chi connectivity index (χ4v) is 2.55. The second-order valence-electron chi connectivity index (χ2n) is 5.17. The molecule has 1 aromatic carbocycles. The number of aryl methyl sites for hydroxylation is 1. The van der Waals surface area contributed by atoms with Crippen LogP contribution < -0.4 is 0 Å². The Morgan fingerprint density at radius 3 is 2.59 bits per heavy atom. The molecule has 0 saturated carbocycles. The monoisotopic (exact) mass is 317 g/mol. The first-order valence-electron chi connectivity index (χ1n) is 7.40. The molecule has 0 bridgehead atoms. The molecule has 1 aromatic heterocycles. The zero-order valence-corrected chi connectivity index (χ0v) is 13.4. The molecule has 2 rings (SSSR count). The van der Waals surface area contributed by atoms with Gasteiger partial charge in [0, 0.05) is 18.8 Å². The van der Waals surface area contributed by atoms with Crippen LogP contribution in [0.1, 0.15) is 41.3 Å². The van der Waals surface area contributed by atoms with Crippen molar-refractivity contribution in [1.82, 2.24) is 4.98 Å². The van der Waals surface area contributed by atoms with E-state index in [0.717, 1.165) is 30.4 Å². The van der Waals surface area contributed by atoms with Gasteiger partial charge in [0.2, 0.25) is 0 Å². The van der Waals surface area contributed by atoms with Gasteiger partial charge in [-0.05, 0) is 42.0 Å². The molecule has 0 amide bonds. The van der Waals surface area contributed by atoms with Gasteiger partial charge in [0.25, 0.3) is 0 Å². The molecule has 0 aliphatic rings. The van der Waals surface area contributed by atoms with Crippen LogP contribution >= 0.6 is 11.6 Å². The summed E-state index contributed by atoms with van der Waals surface area (Å²) >= 11 is 6.47. The highest BCUT2D eigenvalue weighted by molar-refractivity contribution is 6.22. The van der Waals surface area contributed by atoms with E-state index >= 15 is 0 Å². The molecule has 3 nitrogen and oxygen atoms in total. The van der Waals surface area contributed by atoms with E-state index in [2.05, 4.69) is 34.0 Å². The molecular formula is C18H20ClNO2. The minimum atomic E-state index is -0.179. The molecular weight excluding hydrogens is 298 g/mol. The molecule has 0 aliphatic heterocycles. The molecule has 0 spiro atoms. The number of halogens is 1. The van der Waals surface area contributed by atoms with Gasteiger partial charge in [-0.1, -0.05) is 30.3 Å². The van der Waals surface area contributed by atoms with Gasteiger partial charge < -0.3 is 4.74 Å². The first kappa shape index (κ1) is 16.5. The lowest BCUT2D eigenvalue weighted by molar-refractivity contribution is -0.140. The highest BCUT2D eigenvalue weighted by atomic mass is 35.5. The van der Waals surface area contributed by atoms with Crippen LogP contribution in [0.3, 0.4) is 0 Å². The maximum atomic E-state index is 11.0. The minimum Gasteiger partial charge on any atom is -0.469 e. The third-order valence-electron chi connectivity index (χ3n) is 3.57. The zero-order valence-electron chi connectivity index (χ0n) is 12.7. The van der Waals surface area contributed by atoms with E-state index in [4.69, 9.17) is 11.6 Å². The van der Waals surface area contributed by atoms with E-state index in [1.54, 1.807) is 12.4 Å². The smallest absolute Gasteiger partial charge is 0.305 e. The Morgan fingerprint density at radius 2 is 1.95 bits per heavy atom. The lowest BCUT2D eigenvalue weighted by Crippen LogP contribution is -2.00. The Labute approximate surface area is 136 Å². The standard InChI is InChI=1S/C18H20ClNO2/c1-22-17(21)7-3-2-5-14-8-10-15(11-9-14)18(19)16-6-4-12-20-13-16/h4,6,8-13,18H,2-3,5,7H2,1H3. The molecule has 1 atom stereocenters. The summed E-state index contributed by atoms with van der Waals surface area (Å²) in [7, 11) is 1.42. The highest BCUT2D eigenvalue weighted by Crippen LogP contribution is 2.28. The van der Waals surface area contributed by atoms with Crippen molar-refractivity contribution in [2.24, 2.45) is 0 Å². The summed E-state index contributed by atoms with van der Waals surface area (Å²) in [5.74, 6) is -0.142. The van der Waals surface area contributed by atoms with Crippen LogP contribution in [0.5, 0.6) is 0 Å². The number of carbonyl (C=O) groups excluding carboxylic acids is 1. The van der Waals surface area contributed by atoms with Gasteiger partial charge in [-0.25, -0.2) is 0 Å². The molecule has 2 aromatic rings. The maximum absolute atomic E-state index is 11.0. The van der Waals surface area contributed by atoms with Crippen LogP contribution in [0.4, 0.5) is 0 Å². The van der Waals surface area contributed by atoms with Gasteiger partial charge >= 0.3 is 5.97 Å². The summed E-state index contributed by atoms with van der Waals surface area (Å²) < 4.78 is 4.63. The Bertz CT molecular complexity index is 584. The number of carbonyl (C=O) groups is 1. The fraction of sp³-hybridized carbons (Fsp3) is 0.333. The van der Waals surface area contributed by atoms with Gasteiger partial charge in [0.05, 0.1) is 12.5 Å². The molecule has 0 N–H and O–H groups in total. The van der Waals surface area contributed by atoms with Gasteiger partial charge in [-0.3, -0.25) is 9.78 Å². The minimum absolute atomic E-state index is 0.142. The maximum Gasteiger partial charge on any atom is 0.305 e. The molecule has 1 unspecified atom stereocenters. The molecule has 0 fully saturated rings. The topological polar surface area (TPSA) is 39.2 Å². The molecule has 22 heavy (non-hydrogen) atoms. The van der Waals surface area contributed by atoms with Crippen LogP contribution in [0.2, 0.25) is 0 Å². The van der Waals surface area contributed by atoms with Crippen molar-refractivity contribution in [1.29, 1.82) is 0 Å². The summed E-state index contributed by atoms with van der Waals surface area (Å²) in [6.07, 6.45) is 6.79. The van der Waals surface area contributed by atoms with Crippen molar-refractivity contribution in [3.05, 3.63) is 65.5 Å². The summed E-state index contributed by atoms with van der Waals surface area (Å²) in [4.78, 5) is 15.1. The molecule has 0 aliphatic carbocycles. The number of rotatable bonds is 7.